The minimum absolute atomic E-state index is 0.0281. The molecule has 2 nitrogen and oxygen atoms in total. The van der Waals surface area contributed by atoms with Gasteiger partial charge in [-0.15, -0.1) is 0 Å². The predicted molar refractivity (Wildman–Crippen MR) is 128 cm³/mol. The number of likely N-dealkylation sites (tertiary alicyclic amines) is 1. The van der Waals surface area contributed by atoms with Crippen molar-refractivity contribution < 1.29 is 4.74 Å². The Labute approximate surface area is 184 Å². The summed E-state index contributed by atoms with van der Waals surface area (Å²) in [5.41, 5.74) is 6.53. The Balaban J connectivity index is 1.28. The third-order valence-electron chi connectivity index (χ3n) is 7.82. The lowest BCUT2D eigenvalue weighted by atomic mass is 9.74. The Morgan fingerprint density at radius 2 is 1.87 bits per heavy atom. The highest BCUT2D eigenvalue weighted by Crippen LogP contribution is 2.48. The van der Waals surface area contributed by atoms with Crippen LogP contribution in [0.1, 0.15) is 83.3 Å². The van der Waals surface area contributed by atoms with Gasteiger partial charge in [0.05, 0.1) is 5.60 Å². The van der Waals surface area contributed by atoms with E-state index in [1.165, 1.54) is 75.7 Å². The highest BCUT2D eigenvalue weighted by Gasteiger charge is 2.40. The monoisotopic (exact) mass is 407 g/mol. The maximum atomic E-state index is 5.56. The molecule has 3 aliphatic rings. The van der Waals surface area contributed by atoms with E-state index in [0.29, 0.717) is 0 Å². The predicted octanol–water partition coefficient (Wildman–Crippen LogP) is 6.76. The van der Waals surface area contributed by atoms with Gasteiger partial charge in [0.2, 0.25) is 0 Å². The molecule has 0 bridgehead atoms. The highest BCUT2D eigenvalue weighted by molar-refractivity contribution is 5.83. The zero-order valence-corrected chi connectivity index (χ0v) is 19.7. The minimum atomic E-state index is 0.0281. The Hall–Kier alpha value is -1.38. The van der Waals surface area contributed by atoms with Gasteiger partial charge < -0.3 is 9.64 Å². The molecule has 1 aromatic carbocycles. The van der Waals surface area contributed by atoms with E-state index >= 15 is 0 Å². The van der Waals surface area contributed by atoms with Crippen LogP contribution >= 0.6 is 0 Å². The Bertz CT molecular complexity index is 789. The van der Waals surface area contributed by atoms with E-state index in [9.17, 15) is 0 Å². The van der Waals surface area contributed by atoms with Crippen LogP contribution in [0.5, 0.6) is 0 Å². The molecule has 30 heavy (non-hydrogen) atoms. The molecule has 0 aromatic heterocycles. The maximum absolute atomic E-state index is 5.56. The molecule has 1 heterocycles. The zero-order chi connectivity index (χ0) is 21.2. The van der Waals surface area contributed by atoms with Crippen LogP contribution in [-0.2, 0) is 10.2 Å². The quantitative estimate of drug-likeness (QED) is 0.448. The standard InChI is InChI=1S/C28H41NO/c1-22(8-7-14-27(2,3)30-4)13-17-29-18-15-28(16-19-29)21-24(20-23-11-12-23)25-9-5-6-10-26(25)28/h5-6,9-10,20-22H,7-8,11-19H2,1-4H3. The summed E-state index contributed by atoms with van der Waals surface area (Å²) in [7, 11) is 1.83. The van der Waals surface area contributed by atoms with Gasteiger partial charge in [0, 0.05) is 12.5 Å². The van der Waals surface area contributed by atoms with Crippen molar-refractivity contribution in [3.05, 3.63) is 53.1 Å². The molecule has 0 N–H and O–H groups in total. The van der Waals surface area contributed by atoms with E-state index < -0.39 is 0 Å². The fraction of sp³-hybridized carbons (Fsp3) is 0.643. The van der Waals surface area contributed by atoms with E-state index in [1.807, 2.05) is 7.11 Å². The second-order valence-electron chi connectivity index (χ2n) is 10.7. The van der Waals surface area contributed by atoms with Gasteiger partial charge in [0.15, 0.2) is 0 Å². The summed E-state index contributed by atoms with van der Waals surface area (Å²) in [6.07, 6.45) is 15.3. The first-order chi connectivity index (χ1) is 14.4. The topological polar surface area (TPSA) is 12.5 Å². The van der Waals surface area contributed by atoms with E-state index in [4.69, 9.17) is 4.74 Å². The SMILES string of the molecule is COC(C)(C)CCCC(C)CCN1CCC2(C=C(C=C3CC3)c3ccccc32)CC1. The van der Waals surface area contributed by atoms with E-state index in [1.54, 1.807) is 11.1 Å². The van der Waals surface area contributed by atoms with Crippen molar-refractivity contribution >= 4 is 5.57 Å². The van der Waals surface area contributed by atoms with Gasteiger partial charge in [-0.3, -0.25) is 0 Å². The molecule has 1 atom stereocenters. The van der Waals surface area contributed by atoms with Crippen LogP contribution in [0.3, 0.4) is 0 Å². The van der Waals surface area contributed by atoms with Crippen LogP contribution in [-0.4, -0.2) is 37.2 Å². The molecule has 1 unspecified atom stereocenters. The summed E-state index contributed by atoms with van der Waals surface area (Å²) in [4.78, 5) is 2.72. The summed E-state index contributed by atoms with van der Waals surface area (Å²) in [5, 5.41) is 0. The molecule has 1 aromatic rings. The van der Waals surface area contributed by atoms with Crippen molar-refractivity contribution in [2.45, 2.75) is 83.2 Å². The lowest BCUT2D eigenvalue weighted by Gasteiger charge is -2.39. The number of piperidine rings is 1. The number of fused-ring (bicyclic) bond motifs is 2. The fourth-order valence-corrected chi connectivity index (χ4v) is 5.29. The van der Waals surface area contributed by atoms with Crippen molar-refractivity contribution in [1.82, 2.24) is 4.90 Å². The molecule has 1 aliphatic heterocycles. The van der Waals surface area contributed by atoms with Gasteiger partial charge >= 0.3 is 0 Å². The molecule has 164 valence electrons. The number of rotatable bonds is 9. The number of hydrogen-bond acceptors (Lipinski definition) is 2. The molecule has 2 heteroatoms. The summed E-state index contributed by atoms with van der Waals surface area (Å²) < 4.78 is 5.56. The lowest BCUT2D eigenvalue weighted by Crippen LogP contribution is -2.41. The zero-order valence-electron chi connectivity index (χ0n) is 19.7. The normalized spacial score (nSPS) is 21.5. The number of hydrogen-bond donors (Lipinski definition) is 0. The third kappa shape index (κ3) is 5.08. The van der Waals surface area contributed by atoms with Crippen molar-refractivity contribution in [3.63, 3.8) is 0 Å². The fourth-order valence-electron chi connectivity index (χ4n) is 5.29. The van der Waals surface area contributed by atoms with Crippen molar-refractivity contribution in [2.24, 2.45) is 5.92 Å². The van der Waals surface area contributed by atoms with Crippen LogP contribution in [0.25, 0.3) is 5.57 Å². The first-order valence-corrected chi connectivity index (χ1v) is 12.2. The summed E-state index contributed by atoms with van der Waals surface area (Å²) >= 11 is 0. The number of nitrogens with zero attached hydrogens (tertiary/aromatic N) is 1. The van der Waals surface area contributed by atoms with Gasteiger partial charge in [-0.1, -0.05) is 61.8 Å². The van der Waals surface area contributed by atoms with Crippen molar-refractivity contribution in [1.29, 1.82) is 0 Å². The van der Waals surface area contributed by atoms with Gasteiger partial charge in [-0.05, 0) is 94.6 Å². The Morgan fingerprint density at radius 1 is 1.13 bits per heavy atom. The van der Waals surface area contributed by atoms with E-state index in [-0.39, 0.29) is 11.0 Å². The minimum Gasteiger partial charge on any atom is -0.379 e. The maximum Gasteiger partial charge on any atom is 0.0622 e. The second kappa shape index (κ2) is 9.01. The molecular formula is C28H41NO. The first kappa shape index (κ1) is 21.8. The summed E-state index contributed by atoms with van der Waals surface area (Å²) in [5.74, 6) is 0.803. The highest BCUT2D eigenvalue weighted by atomic mass is 16.5. The molecule has 2 aliphatic carbocycles. The molecule has 0 radical (unpaired) electrons. The molecule has 2 fully saturated rings. The second-order valence-corrected chi connectivity index (χ2v) is 10.7. The molecule has 1 saturated carbocycles. The lowest BCUT2D eigenvalue weighted by molar-refractivity contribution is 0.0126. The number of benzene rings is 1. The molecule has 0 amide bonds. The number of ether oxygens (including phenoxy) is 1. The smallest absolute Gasteiger partial charge is 0.0622 e. The molecule has 4 rings (SSSR count). The third-order valence-corrected chi connectivity index (χ3v) is 7.82. The average Bonchev–Trinajstić information content (AvgIpc) is 3.51. The van der Waals surface area contributed by atoms with Crippen LogP contribution in [0.2, 0.25) is 0 Å². The largest absolute Gasteiger partial charge is 0.379 e. The van der Waals surface area contributed by atoms with Crippen LogP contribution in [0.15, 0.2) is 42.0 Å². The van der Waals surface area contributed by atoms with Crippen LogP contribution in [0, 0.1) is 5.92 Å². The molecule has 1 spiro atoms. The Morgan fingerprint density at radius 3 is 2.57 bits per heavy atom. The summed E-state index contributed by atoms with van der Waals surface area (Å²) in [6.45, 7) is 10.6. The van der Waals surface area contributed by atoms with E-state index in [2.05, 4.69) is 62.1 Å². The van der Waals surface area contributed by atoms with Crippen molar-refractivity contribution in [3.8, 4) is 0 Å². The Kier molecular flexibility index (Phi) is 6.55. The van der Waals surface area contributed by atoms with Crippen LogP contribution < -0.4 is 0 Å². The first-order valence-electron chi connectivity index (χ1n) is 12.2. The molecular weight excluding hydrogens is 366 g/mol. The molecule has 1 saturated heterocycles. The summed E-state index contributed by atoms with van der Waals surface area (Å²) in [6, 6.07) is 9.18. The van der Waals surface area contributed by atoms with E-state index in [0.717, 1.165) is 12.3 Å². The van der Waals surface area contributed by atoms with Crippen LogP contribution in [0.4, 0.5) is 0 Å². The average molecular weight is 408 g/mol. The number of methoxy groups -OCH3 is 1. The van der Waals surface area contributed by atoms with Gasteiger partial charge in [-0.2, -0.15) is 0 Å². The van der Waals surface area contributed by atoms with Gasteiger partial charge in [0.1, 0.15) is 0 Å². The van der Waals surface area contributed by atoms with Crippen molar-refractivity contribution in [2.75, 3.05) is 26.7 Å². The van der Waals surface area contributed by atoms with Gasteiger partial charge in [0.25, 0.3) is 0 Å². The van der Waals surface area contributed by atoms with Gasteiger partial charge in [-0.25, -0.2) is 0 Å². The number of allylic oxidation sites excluding steroid dienone is 4.